The van der Waals surface area contributed by atoms with Crippen molar-refractivity contribution in [2.45, 2.75) is 25.2 Å². The number of fused-ring (bicyclic) bond motifs is 1. The number of nitrogens with zero attached hydrogens (tertiary/aromatic N) is 5. The minimum atomic E-state index is -0.861. The number of carbonyl (C=O) groups is 1. The predicted octanol–water partition coefficient (Wildman–Crippen LogP) is 4.09. The SMILES string of the molecule is O=C(O)CCNc1nc(N2CCC(c3ccccc3)CC2)cc(-n2cc3ccccc3n2)n1. The van der Waals surface area contributed by atoms with E-state index in [2.05, 4.69) is 50.6 Å². The molecule has 8 heteroatoms. The Kier molecular flexibility index (Phi) is 5.89. The number of anilines is 2. The van der Waals surface area contributed by atoms with Crippen molar-refractivity contribution in [3.05, 3.63) is 72.4 Å². The summed E-state index contributed by atoms with van der Waals surface area (Å²) in [5.74, 6) is 1.57. The van der Waals surface area contributed by atoms with Gasteiger partial charge >= 0.3 is 5.97 Å². The number of nitrogens with one attached hydrogen (secondary N) is 1. The molecule has 2 N–H and O–H groups in total. The molecule has 0 atom stereocenters. The molecule has 33 heavy (non-hydrogen) atoms. The molecule has 4 aromatic rings. The zero-order chi connectivity index (χ0) is 22.6. The fourth-order valence-corrected chi connectivity index (χ4v) is 4.31. The molecule has 1 fully saturated rings. The fraction of sp³-hybridized carbons (Fsp3) is 0.280. The summed E-state index contributed by atoms with van der Waals surface area (Å²) >= 11 is 0. The Morgan fingerprint density at radius 1 is 1.00 bits per heavy atom. The van der Waals surface area contributed by atoms with Crippen molar-refractivity contribution in [3.63, 3.8) is 0 Å². The van der Waals surface area contributed by atoms with E-state index < -0.39 is 5.97 Å². The van der Waals surface area contributed by atoms with E-state index in [1.54, 1.807) is 4.68 Å². The third kappa shape index (κ3) is 4.79. The van der Waals surface area contributed by atoms with Gasteiger partial charge < -0.3 is 15.3 Å². The molecule has 0 aliphatic carbocycles. The van der Waals surface area contributed by atoms with E-state index in [4.69, 9.17) is 10.1 Å². The molecule has 168 valence electrons. The number of hydrogen-bond acceptors (Lipinski definition) is 6. The van der Waals surface area contributed by atoms with Crippen LogP contribution in [0.15, 0.2) is 66.9 Å². The van der Waals surface area contributed by atoms with Gasteiger partial charge in [0, 0.05) is 37.3 Å². The van der Waals surface area contributed by atoms with Crippen LogP contribution in [0, 0.1) is 0 Å². The summed E-state index contributed by atoms with van der Waals surface area (Å²) in [6.45, 7) is 2.05. The first-order valence-electron chi connectivity index (χ1n) is 11.2. The lowest BCUT2D eigenvalue weighted by Gasteiger charge is -2.33. The van der Waals surface area contributed by atoms with Crippen LogP contribution < -0.4 is 10.2 Å². The molecule has 1 aliphatic heterocycles. The summed E-state index contributed by atoms with van der Waals surface area (Å²) in [6.07, 6.45) is 4.05. The van der Waals surface area contributed by atoms with Crippen LogP contribution >= 0.6 is 0 Å². The van der Waals surface area contributed by atoms with Gasteiger partial charge in [-0.15, -0.1) is 0 Å². The summed E-state index contributed by atoms with van der Waals surface area (Å²) in [4.78, 5) is 22.5. The van der Waals surface area contributed by atoms with E-state index in [-0.39, 0.29) is 13.0 Å². The van der Waals surface area contributed by atoms with E-state index in [1.807, 2.05) is 36.5 Å². The van der Waals surface area contributed by atoms with Crippen LogP contribution in [-0.2, 0) is 4.79 Å². The smallest absolute Gasteiger partial charge is 0.305 e. The van der Waals surface area contributed by atoms with Gasteiger partial charge in [-0.2, -0.15) is 15.1 Å². The standard InChI is InChI=1S/C25H26N6O2/c32-24(33)10-13-26-25-27-22(30-14-11-19(12-15-30)18-6-2-1-3-7-18)16-23(28-25)31-17-20-8-4-5-9-21(20)29-31/h1-9,16-17,19H,10-15H2,(H,32,33)(H,26,27,28). The van der Waals surface area contributed by atoms with Gasteiger partial charge in [-0.3, -0.25) is 4.79 Å². The van der Waals surface area contributed by atoms with Gasteiger partial charge in [0.1, 0.15) is 5.82 Å². The van der Waals surface area contributed by atoms with Gasteiger partial charge in [0.15, 0.2) is 5.82 Å². The van der Waals surface area contributed by atoms with Crippen molar-refractivity contribution < 1.29 is 9.90 Å². The van der Waals surface area contributed by atoms with Gasteiger partial charge in [-0.1, -0.05) is 48.5 Å². The Hall–Kier alpha value is -3.94. The van der Waals surface area contributed by atoms with Crippen LogP contribution in [-0.4, -0.2) is 50.5 Å². The van der Waals surface area contributed by atoms with Gasteiger partial charge in [0.05, 0.1) is 11.9 Å². The first-order valence-corrected chi connectivity index (χ1v) is 11.2. The van der Waals surface area contributed by atoms with Crippen LogP contribution in [0.25, 0.3) is 16.7 Å². The van der Waals surface area contributed by atoms with E-state index >= 15 is 0 Å². The Morgan fingerprint density at radius 2 is 1.73 bits per heavy atom. The molecule has 0 unspecified atom stereocenters. The molecular weight excluding hydrogens is 416 g/mol. The normalized spacial score (nSPS) is 14.5. The average Bonchev–Trinajstić information content (AvgIpc) is 3.29. The summed E-state index contributed by atoms with van der Waals surface area (Å²) in [5.41, 5.74) is 2.28. The van der Waals surface area contributed by atoms with Crippen molar-refractivity contribution in [3.8, 4) is 5.82 Å². The van der Waals surface area contributed by atoms with Crippen LogP contribution in [0.4, 0.5) is 11.8 Å². The topological polar surface area (TPSA) is 96.2 Å². The maximum Gasteiger partial charge on any atom is 0.305 e. The van der Waals surface area contributed by atoms with Crippen molar-refractivity contribution >= 4 is 28.6 Å². The summed E-state index contributed by atoms with van der Waals surface area (Å²) < 4.78 is 1.76. The number of piperidine rings is 1. The second-order valence-electron chi connectivity index (χ2n) is 8.28. The summed E-state index contributed by atoms with van der Waals surface area (Å²) in [6, 6.07) is 20.5. The van der Waals surface area contributed by atoms with Crippen molar-refractivity contribution in [2.24, 2.45) is 0 Å². The highest BCUT2D eigenvalue weighted by atomic mass is 16.4. The molecule has 2 aromatic carbocycles. The molecule has 3 heterocycles. The Bertz CT molecular complexity index is 1220. The van der Waals surface area contributed by atoms with Crippen molar-refractivity contribution in [1.29, 1.82) is 0 Å². The van der Waals surface area contributed by atoms with Gasteiger partial charge in [0.2, 0.25) is 5.95 Å². The van der Waals surface area contributed by atoms with Crippen LogP contribution in [0.5, 0.6) is 0 Å². The van der Waals surface area contributed by atoms with E-state index in [9.17, 15) is 4.79 Å². The Balaban J connectivity index is 1.41. The van der Waals surface area contributed by atoms with Gasteiger partial charge in [0.25, 0.3) is 0 Å². The van der Waals surface area contributed by atoms with Gasteiger partial charge in [-0.25, -0.2) is 4.68 Å². The molecule has 0 radical (unpaired) electrons. The zero-order valence-corrected chi connectivity index (χ0v) is 18.3. The van der Waals surface area contributed by atoms with Crippen molar-refractivity contribution in [2.75, 3.05) is 29.9 Å². The first-order chi connectivity index (χ1) is 16.2. The predicted molar refractivity (Wildman–Crippen MR) is 128 cm³/mol. The third-order valence-electron chi connectivity index (χ3n) is 6.06. The van der Waals surface area contributed by atoms with Crippen LogP contribution in [0.3, 0.4) is 0 Å². The van der Waals surface area contributed by atoms with Crippen LogP contribution in [0.2, 0.25) is 0 Å². The molecule has 0 amide bonds. The highest BCUT2D eigenvalue weighted by Crippen LogP contribution is 2.30. The number of rotatable bonds is 7. The molecule has 0 bridgehead atoms. The second kappa shape index (κ2) is 9.28. The number of aromatic nitrogens is 4. The molecule has 5 rings (SSSR count). The van der Waals surface area contributed by atoms with Gasteiger partial charge in [-0.05, 0) is 30.4 Å². The Labute approximate surface area is 191 Å². The number of benzene rings is 2. The molecule has 2 aromatic heterocycles. The number of hydrogen-bond donors (Lipinski definition) is 2. The lowest BCUT2D eigenvalue weighted by molar-refractivity contribution is -0.136. The lowest BCUT2D eigenvalue weighted by Crippen LogP contribution is -2.33. The maximum absolute atomic E-state index is 10.9. The van der Waals surface area contributed by atoms with E-state index in [0.717, 1.165) is 42.7 Å². The summed E-state index contributed by atoms with van der Waals surface area (Å²) in [7, 11) is 0. The second-order valence-corrected chi connectivity index (χ2v) is 8.28. The molecule has 8 nitrogen and oxygen atoms in total. The summed E-state index contributed by atoms with van der Waals surface area (Å²) in [5, 5.41) is 17.7. The molecule has 1 saturated heterocycles. The monoisotopic (exact) mass is 442 g/mol. The fourth-order valence-electron chi connectivity index (χ4n) is 4.31. The van der Waals surface area contributed by atoms with Crippen LogP contribution in [0.1, 0.15) is 30.7 Å². The van der Waals surface area contributed by atoms with E-state index in [0.29, 0.717) is 17.7 Å². The highest BCUT2D eigenvalue weighted by molar-refractivity contribution is 5.78. The number of aliphatic carboxylic acids is 1. The molecule has 0 saturated carbocycles. The molecule has 0 spiro atoms. The average molecular weight is 443 g/mol. The van der Waals surface area contributed by atoms with Crippen molar-refractivity contribution in [1.82, 2.24) is 19.7 Å². The highest BCUT2D eigenvalue weighted by Gasteiger charge is 2.22. The first kappa shape index (κ1) is 20.9. The molecule has 1 aliphatic rings. The minimum absolute atomic E-state index is 0.00293. The third-order valence-corrected chi connectivity index (χ3v) is 6.06. The molecular formula is C25H26N6O2. The number of carboxylic acid groups (broad SMARTS) is 1. The quantitative estimate of drug-likeness (QED) is 0.445. The van der Waals surface area contributed by atoms with E-state index in [1.165, 1.54) is 5.56 Å². The maximum atomic E-state index is 10.9. The largest absolute Gasteiger partial charge is 0.481 e. The lowest BCUT2D eigenvalue weighted by atomic mass is 9.89. The number of carboxylic acids is 1. The zero-order valence-electron chi connectivity index (χ0n) is 18.3. The Morgan fingerprint density at radius 3 is 2.48 bits per heavy atom. The minimum Gasteiger partial charge on any atom is -0.481 e.